The van der Waals surface area contributed by atoms with Crippen LogP contribution in [0.25, 0.3) is 0 Å². The lowest BCUT2D eigenvalue weighted by molar-refractivity contribution is -0.161. The summed E-state index contributed by atoms with van der Waals surface area (Å²) in [6, 6.07) is 0. The molecule has 10 heteroatoms. The second-order valence-electron chi connectivity index (χ2n) is 13.8. The molecule has 0 rings (SSSR count). The maximum atomic E-state index is 12.6. The molecule has 0 radical (unpaired) electrons. The van der Waals surface area contributed by atoms with Gasteiger partial charge in [0.15, 0.2) is 6.10 Å². The van der Waals surface area contributed by atoms with Crippen LogP contribution in [0.4, 0.5) is 0 Å². The zero-order valence-electron chi connectivity index (χ0n) is 32.6. The lowest BCUT2D eigenvalue weighted by atomic mass is 10.0. The summed E-state index contributed by atoms with van der Waals surface area (Å²) in [6.45, 7) is 4.22. The molecule has 0 heterocycles. The van der Waals surface area contributed by atoms with Crippen molar-refractivity contribution in [1.29, 1.82) is 0 Å². The fourth-order valence-electron chi connectivity index (χ4n) is 5.72. The minimum Gasteiger partial charge on any atom is -0.462 e. The molecule has 2 atom stereocenters. The predicted octanol–water partition coefficient (Wildman–Crippen LogP) is 11.3. The Labute approximate surface area is 307 Å². The zero-order valence-corrected chi connectivity index (χ0v) is 33.5. The molecule has 0 saturated carbocycles. The van der Waals surface area contributed by atoms with E-state index >= 15 is 0 Å². The average Bonchev–Trinajstić information content (AvgIpc) is 3.09. The summed E-state index contributed by atoms with van der Waals surface area (Å²) in [5.74, 6) is -0.809. The summed E-state index contributed by atoms with van der Waals surface area (Å²) < 4.78 is 33.1. The van der Waals surface area contributed by atoms with Gasteiger partial charge in [0, 0.05) is 19.4 Å². The van der Waals surface area contributed by atoms with Crippen LogP contribution >= 0.6 is 7.82 Å². The first-order valence-electron chi connectivity index (χ1n) is 20.6. The van der Waals surface area contributed by atoms with Crippen LogP contribution in [0.2, 0.25) is 0 Å². The number of phosphoric acid groups is 1. The molecule has 0 aromatic carbocycles. The summed E-state index contributed by atoms with van der Waals surface area (Å²) in [4.78, 5) is 34.9. The minimum absolute atomic E-state index is 0.0156. The van der Waals surface area contributed by atoms with E-state index in [9.17, 15) is 19.0 Å². The van der Waals surface area contributed by atoms with E-state index < -0.39 is 26.5 Å². The van der Waals surface area contributed by atoms with Gasteiger partial charge >= 0.3 is 19.8 Å². The van der Waals surface area contributed by atoms with Crippen molar-refractivity contribution < 1.29 is 37.6 Å². The number of likely N-dealkylation sites (N-methyl/N-ethyl adjacent to an activating group) is 1. The third kappa shape index (κ3) is 36.5. The quantitative estimate of drug-likeness (QED) is 0.0275. The smallest absolute Gasteiger partial charge is 0.462 e. The van der Waals surface area contributed by atoms with Gasteiger partial charge in [-0.3, -0.25) is 18.6 Å². The number of ether oxygens (including phenoxy) is 2. The number of phosphoric ester groups is 1. The van der Waals surface area contributed by atoms with Crippen molar-refractivity contribution in [2.75, 3.05) is 33.4 Å². The van der Waals surface area contributed by atoms with E-state index in [2.05, 4.69) is 31.3 Å². The summed E-state index contributed by atoms with van der Waals surface area (Å²) >= 11 is 0. The van der Waals surface area contributed by atoms with Gasteiger partial charge in [-0.2, -0.15) is 0 Å². The van der Waals surface area contributed by atoms with Gasteiger partial charge in [0.1, 0.15) is 6.61 Å². The summed E-state index contributed by atoms with van der Waals surface area (Å²) in [5.41, 5.74) is 0. The number of unbranched alkanes of at least 4 members (excludes halogenated alkanes) is 23. The van der Waals surface area contributed by atoms with Gasteiger partial charge in [-0.1, -0.05) is 154 Å². The van der Waals surface area contributed by atoms with Crippen LogP contribution in [0.1, 0.15) is 194 Å². The Hall–Kier alpha value is -1.25. The fraction of sp³-hybridized carbons (Fsp3) is 0.900. The Morgan fingerprint density at radius 1 is 0.600 bits per heavy atom. The van der Waals surface area contributed by atoms with E-state index in [1.54, 1.807) is 7.05 Å². The van der Waals surface area contributed by atoms with E-state index in [1.807, 2.05) is 0 Å². The van der Waals surface area contributed by atoms with Gasteiger partial charge in [0.05, 0.1) is 13.2 Å². The Bertz CT molecular complexity index is 840. The molecular weight excluding hydrogens is 653 g/mol. The normalized spacial score (nSPS) is 13.4. The van der Waals surface area contributed by atoms with Gasteiger partial charge in [-0.25, -0.2) is 4.57 Å². The average molecular weight is 732 g/mol. The molecule has 2 N–H and O–H groups in total. The second kappa shape index (κ2) is 37.5. The molecule has 50 heavy (non-hydrogen) atoms. The molecule has 0 amide bonds. The molecule has 0 aromatic rings. The van der Waals surface area contributed by atoms with E-state index in [-0.39, 0.29) is 25.6 Å². The molecule has 0 bridgehead atoms. The van der Waals surface area contributed by atoms with E-state index in [0.717, 1.165) is 51.4 Å². The van der Waals surface area contributed by atoms with Gasteiger partial charge in [0.2, 0.25) is 0 Å². The van der Waals surface area contributed by atoms with Crippen LogP contribution in [-0.4, -0.2) is 56.3 Å². The molecule has 0 aliphatic rings. The van der Waals surface area contributed by atoms with Crippen LogP contribution in [0, 0.1) is 0 Å². The van der Waals surface area contributed by atoms with Gasteiger partial charge in [-0.15, -0.1) is 0 Å². The molecule has 9 nitrogen and oxygen atoms in total. The Morgan fingerprint density at radius 3 is 1.48 bits per heavy atom. The van der Waals surface area contributed by atoms with Crippen molar-refractivity contribution in [1.82, 2.24) is 5.32 Å². The number of carbonyl (C=O) groups is 2. The first-order valence-corrected chi connectivity index (χ1v) is 22.1. The summed E-state index contributed by atoms with van der Waals surface area (Å²) in [5, 5.41) is 2.82. The van der Waals surface area contributed by atoms with Crippen molar-refractivity contribution in [3.63, 3.8) is 0 Å². The van der Waals surface area contributed by atoms with E-state index in [0.29, 0.717) is 19.4 Å². The number of allylic oxidation sites excluding steroid dienone is 2. The molecule has 0 saturated heterocycles. The maximum absolute atomic E-state index is 12.6. The number of hydrogen-bond donors (Lipinski definition) is 2. The lowest BCUT2D eigenvalue weighted by Crippen LogP contribution is -2.29. The monoisotopic (exact) mass is 732 g/mol. The SMILES string of the molecule is CCCCCCCC/C=C\CCCCCCCC(=O)OC(COC(=O)CCCCCCCCCCCCCCC)COP(=O)(O)OCCNC. The molecule has 296 valence electrons. The minimum atomic E-state index is -4.34. The van der Waals surface area contributed by atoms with E-state index in [1.165, 1.54) is 109 Å². The highest BCUT2D eigenvalue weighted by Crippen LogP contribution is 2.43. The first-order chi connectivity index (χ1) is 24.3. The van der Waals surface area contributed by atoms with Crippen molar-refractivity contribution in [3.8, 4) is 0 Å². The third-order valence-electron chi connectivity index (χ3n) is 8.89. The van der Waals surface area contributed by atoms with Crippen molar-refractivity contribution in [3.05, 3.63) is 12.2 Å². The van der Waals surface area contributed by atoms with Gasteiger partial charge in [-0.05, 0) is 45.6 Å². The van der Waals surface area contributed by atoms with Gasteiger partial charge < -0.3 is 19.7 Å². The molecule has 0 aliphatic carbocycles. The van der Waals surface area contributed by atoms with E-state index in [4.69, 9.17) is 18.5 Å². The number of carbonyl (C=O) groups excluding carboxylic acids is 2. The Balaban J connectivity index is 4.25. The highest BCUT2D eigenvalue weighted by atomic mass is 31.2. The highest BCUT2D eigenvalue weighted by molar-refractivity contribution is 7.47. The van der Waals surface area contributed by atoms with Crippen LogP contribution in [-0.2, 0) is 32.7 Å². The predicted molar refractivity (Wildman–Crippen MR) is 206 cm³/mol. The van der Waals surface area contributed by atoms with Crippen LogP contribution in [0.3, 0.4) is 0 Å². The molecule has 0 aliphatic heterocycles. The van der Waals surface area contributed by atoms with Crippen molar-refractivity contribution in [2.24, 2.45) is 0 Å². The Morgan fingerprint density at radius 2 is 1.02 bits per heavy atom. The number of rotatable bonds is 39. The molecule has 0 aromatic heterocycles. The lowest BCUT2D eigenvalue weighted by Gasteiger charge is -2.20. The van der Waals surface area contributed by atoms with Crippen LogP contribution in [0.5, 0.6) is 0 Å². The number of hydrogen-bond acceptors (Lipinski definition) is 8. The van der Waals surface area contributed by atoms with Crippen molar-refractivity contribution in [2.45, 2.75) is 200 Å². The third-order valence-corrected chi connectivity index (χ3v) is 9.87. The topological polar surface area (TPSA) is 120 Å². The largest absolute Gasteiger partial charge is 0.472 e. The standard InChI is InChI=1S/C40H78NO8P/c1-4-6-8-10-12-14-16-18-19-21-23-25-27-29-31-33-40(43)49-38(37-48-50(44,45)47-35-34-41-3)36-46-39(42)32-30-28-26-24-22-20-17-15-13-11-9-7-5-2/h18-19,38,41H,4-17,20-37H2,1-3H3,(H,44,45)/b19-18-. The number of nitrogens with one attached hydrogen (secondary N) is 1. The Kier molecular flexibility index (Phi) is 36.6. The molecule has 2 unspecified atom stereocenters. The molecular formula is C40H78NO8P. The molecule has 0 spiro atoms. The zero-order chi connectivity index (χ0) is 36.8. The van der Waals surface area contributed by atoms with Crippen LogP contribution in [0.15, 0.2) is 12.2 Å². The van der Waals surface area contributed by atoms with Crippen LogP contribution < -0.4 is 5.32 Å². The summed E-state index contributed by atoms with van der Waals surface area (Å²) in [7, 11) is -2.64. The molecule has 0 fully saturated rings. The fourth-order valence-corrected chi connectivity index (χ4v) is 6.48. The first kappa shape index (κ1) is 48.8. The second-order valence-corrected chi connectivity index (χ2v) is 15.3. The number of esters is 2. The van der Waals surface area contributed by atoms with Crippen molar-refractivity contribution >= 4 is 19.8 Å². The van der Waals surface area contributed by atoms with Gasteiger partial charge in [0.25, 0.3) is 0 Å². The highest BCUT2D eigenvalue weighted by Gasteiger charge is 2.26. The maximum Gasteiger partial charge on any atom is 0.472 e. The summed E-state index contributed by atoms with van der Waals surface area (Å²) in [6.07, 6.45) is 35.3.